The average Bonchev–Trinajstić information content (AvgIpc) is 2.75. The van der Waals surface area contributed by atoms with Crippen molar-refractivity contribution in [2.75, 3.05) is 5.32 Å². The highest BCUT2D eigenvalue weighted by Gasteiger charge is 2.32. The maximum absolute atomic E-state index is 12.5. The highest BCUT2D eigenvalue weighted by molar-refractivity contribution is 6.31. The fourth-order valence-electron chi connectivity index (χ4n) is 2.56. The summed E-state index contributed by atoms with van der Waals surface area (Å²) in [6.07, 6.45) is -4.03. The second-order valence-corrected chi connectivity index (χ2v) is 5.61. The van der Waals surface area contributed by atoms with E-state index in [2.05, 4.69) is 5.32 Å². The third kappa shape index (κ3) is 2.81. The van der Waals surface area contributed by atoms with Crippen LogP contribution in [0.2, 0.25) is 5.02 Å². The number of amides is 1. The van der Waals surface area contributed by atoms with Crippen LogP contribution in [0, 0.1) is 0 Å². The molecule has 0 bridgehead atoms. The molecule has 0 unspecified atom stereocenters. The fourth-order valence-corrected chi connectivity index (χ4v) is 2.75. The molecule has 22 heavy (non-hydrogen) atoms. The van der Waals surface area contributed by atoms with Gasteiger partial charge in [0.1, 0.15) is 0 Å². The first-order chi connectivity index (χ1) is 10.3. The van der Waals surface area contributed by atoms with Crippen LogP contribution >= 0.6 is 11.6 Å². The molecule has 1 aliphatic heterocycles. The Kier molecular flexibility index (Phi) is 3.60. The van der Waals surface area contributed by atoms with Gasteiger partial charge in [0.05, 0.1) is 11.5 Å². The Hall–Kier alpha value is -2.01. The van der Waals surface area contributed by atoms with E-state index in [0.29, 0.717) is 22.7 Å². The number of carbonyl (C=O) groups is 1. The fraction of sp³-hybridized carbons (Fsp3) is 0.188. The third-order valence-corrected chi connectivity index (χ3v) is 3.92. The molecule has 0 aromatic heterocycles. The normalized spacial score (nSPS) is 17.3. The van der Waals surface area contributed by atoms with Gasteiger partial charge in [0, 0.05) is 10.7 Å². The summed E-state index contributed by atoms with van der Waals surface area (Å²) >= 11 is 5.95. The number of carbonyl (C=O) groups excluding carboxylic acids is 1. The van der Waals surface area contributed by atoms with Crippen LogP contribution in [0.3, 0.4) is 0 Å². The van der Waals surface area contributed by atoms with Gasteiger partial charge in [-0.1, -0.05) is 23.7 Å². The molecule has 2 nitrogen and oxygen atoms in total. The average molecular weight is 326 g/mol. The Morgan fingerprint density at radius 3 is 2.41 bits per heavy atom. The second-order valence-electron chi connectivity index (χ2n) is 5.17. The largest absolute Gasteiger partial charge is 0.416 e. The molecule has 6 heteroatoms. The minimum Gasteiger partial charge on any atom is -0.325 e. The lowest BCUT2D eigenvalue weighted by atomic mass is 9.93. The first kappa shape index (κ1) is 14.9. The molecule has 0 spiro atoms. The summed E-state index contributed by atoms with van der Waals surface area (Å²) in [6, 6.07) is 9.98. The lowest BCUT2D eigenvalue weighted by Crippen LogP contribution is -2.14. The zero-order chi connectivity index (χ0) is 15.9. The van der Waals surface area contributed by atoms with E-state index in [4.69, 9.17) is 11.6 Å². The van der Waals surface area contributed by atoms with Gasteiger partial charge in [-0.05, 0) is 47.9 Å². The van der Waals surface area contributed by atoms with Crippen LogP contribution in [0.1, 0.15) is 22.6 Å². The summed E-state index contributed by atoms with van der Waals surface area (Å²) in [7, 11) is 0. The number of alkyl halides is 3. The van der Waals surface area contributed by atoms with Crippen LogP contribution in [0.4, 0.5) is 18.9 Å². The number of hydrogen-bond donors (Lipinski definition) is 1. The predicted molar refractivity (Wildman–Crippen MR) is 78.0 cm³/mol. The van der Waals surface area contributed by atoms with Crippen LogP contribution < -0.4 is 5.32 Å². The van der Waals surface area contributed by atoms with Gasteiger partial charge in [0.25, 0.3) is 0 Å². The van der Waals surface area contributed by atoms with Crippen molar-refractivity contribution in [1.29, 1.82) is 0 Å². The van der Waals surface area contributed by atoms with E-state index in [1.807, 2.05) is 0 Å². The van der Waals surface area contributed by atoms with Crippen molar-refractivity contribution in [3.05, 3.63) is 64.2 Å². The van der Waals surface area contributed by atoms with Gasteiger partial charge in [0.2, 0.25) is 5.91 Å². The van der Waals surface area contributed by atoms with E-state index in [1.54, 1.807) is 18.2 Å². The minimum absolute atomic E-state index is 0.169. The molecular weight excluding hydrogens is 315 g/mol. The van der Waals surface area contributed by atoms with E-state index in [-0.39, 0.29) is 5.91 Å². The molecule has 0 fully saturated rings. The Morgan fingerprint density at radius 2 is 1.77 bits per heavy atom. The highest BCUT2D eigenvalue weighted by Crippen LogP contribution is 2.37. The molecule has 2 aromatic rings. The Morgan fingerprint density at radius 1 is 1.09 bits per heavy atom. The van der Waals surface area contributed by atoms with Gasteiger partial charge in [-0.15, -0.1) is 0 Å². The van der Waals surface area contributed by atoms with E-state index in [0.717, 1.165) is 17.7 Å². The standard InChI is InChI=1S/C16H11ClF3NO/c17-11-5-6-14-12(8-11)13(15(22)21-14)7-9-1-3-10(4-2-9)16(18,19)20/h1-6,8,13H,7H2,(H,21,22)/t13-/m0/s1. The monoisotopic (exact) mass is 325 g/mol. The van der Waals surface area contributed by atoms with E-state index in [9.17, 15) is 18.0 Å². The molecule has 0 aliphatic carbocycles. The molecule has 2 aromatic carbocycles. The maximum Gasteiger partial charge on any atom is 0.416 e. The Bertz CT molecular complexity index is 725. The van der Waals surface area contributed by atoms with Crippen molar-refractivity contribution < 1.29 is 18.0 Å². The van der Waals surface area contributed by atoms with Crippen LogP contribution in [-0.4, -0.2) is 5.91 Å². The molecule has 114 valence electrons. The van der Waals surface area contributed by atoms with Gasteiger partial charge in [-0.3, -0.25) is 4.79 Å². The van der Waals surface area contributed by atoms with Crippen LogP contribution in [-0.2, 0) is 17.4 Å². The van der Waals surface area contributed by atoms with Crippen LogP contribution in [0.5, 0.6) is 0 Å². The Labute approximate surface area is 129 Å². The van der Waals surface area contributed by atoms with Crippen molar-refractivity contribution in [3.8, 4) is 0 Å². The number of rotatable bonds is 2. The first-order valence-corrected chi connectivity index (χ1v) is 6.99. The predicted octanol–water partition coefficient (Wildman–Crippen LogP) is 4.64. The molecule has 1 N–H and O–H groups in total. The summed E-state index contributed by atoms with van der Waals surface area (Å²) in [5, 5.41) is 3.27. The van der Waals surface area contributed by atoms with E-state index < -0.39 is 17.7 Å². The molecular formula is C16H11ClF3NO. The highest BCUT2D eigenvalue weighted by atomic mass is 35.5. The third-order valence-electron chi connectivity index (χ3n) is 3.68. The molecule has 1 atom stereocenters. The first-order valence-electron chi connectivity index (χ1n) is 6.61. The van der Waals surface area contributed by atoms with Crippen molar-refractivity contribution in [3.63, 3.8) is 0 Å². The van der Waals surface area contributed by atoms with Crippen molar-refractivity contribution in [2.24, 2.45) is 0 Å². The van der Waals surface area contributed by atoms with E-state index in [1.165, 1.54) is 12.1 Å². The van der Waals surface area contributed by atoms with Gasteiger partial charge < -0.3 is 5.32 Å². The molecule has 0 saturated heterocycles. The van der Waals surface area contributed by atoms with Crippen LogP contribution in [0.25, 0.3) is 0 Å². The SMILES string of the molecule is O=C1Nc2ccc(Cl)cc2[C@@H]1Cc1ccc(C(F)(F)F)cc1. The number of nitrogens with one attached hydrogen (secondary N) is 1. The molecule has 1 amide bonds. The molecule has 1 heterocycles. The van der Waals surface area contributed by atoms with Crippen molar-refractivity contribution >= 4 is 23.2 Å². The molecule has 3 rings (SSSR count). The zero-order valence-corrected chi connectivity index (χ0v) is 12.0. The minimum atomic E-state index is -4.36. The second kappa shape index (κ2) is 5.32. The summed E-state index contributed by atoms with van der Waals surface area (Å²) in [6.45, 7) is 0. The number of halogens is 4. The smallest absolute Gasteiger partial charge is 0.325 e. The number of anilines is 1. The quantitative estimate of drug-likeness (QED) is 0.856. The zero-order valence-electron chi connectivity index (χ0n) is 11.2. The molecule has 1 aliphatic rings. The lowest BCUT2D eigenvalue weighted by Gasteiger charge is -2.11. The van der Waals surface area contributed by atoms with Crippen molar-refractivity contribution in [1.82, 2.24) is 0 Å². The molecule has 0 saturated carbocycles. The Balaban J connectivity index is 1.85. The number of fused-ring (bicyclic) bond motifs is 1. The van der Waals surface area contributed by atoms with Crippen molar-refractivity contribution in [2.45, 2.75) is 18.5 Å². The van der Waals surface area contributed by atoms with Gasteiger partial charge >= 0.3 is 6.18 Å². The maximum atomic E-state index is 12.5. The topological polar surface area (TPSA) is 29.1 Å². The summed E-state index contributed by atoms with van der Waals surface area (Å²) in [5.41, 5.74) is 1.44. The summed E-state index contributed by atoms with van der Waals surface area (Å²) < 4.78 is 37.6. The molecule has 0 radical (unpaired) electrons. The van der Waals surface area contributed by atoms with Gasteiger partial charge in [-0.2, -0.15) is 13.2 Å². The summed E-state index contributed by atoms with van der Waals surface area (Å²) in [4.78, 5) is 12.0. The number of hydrogen-bond acceptors (Lipinski definition) is 1. The number of benzene rings is 2. The van der Waals surface area contributed by atoms with Crippen LogP contribution in [0.15, 0.2) is 42.5 Å². The van der Waals surface area contributed by atoms with Gasteiger partial charge in [-0.25, -0.2) is 0 Å². The summed E-state index contributed by atoms with van der Waals surface area (Å²) in [5.74, 6) is -0.609. The lowest BCUT2D eigenvalue weighted by molar-refractivity contribution is -0.137. The van der Waals surface area contributed by atoms with E-state index >= 15 is 0 Å². The van der Waals surface area contributed by atoms with Gasteiger partial charge in [0.15, 0.2) is 0 Å².